The minimum absolute atomic E-state index is 0.0861. The van der Waals surface area contributed by atoms with Gasteiger partial charge in [-0.1, -0.05) is 74.8 Å². The van der Waals surface area contributed by atoms with E-state index in [0.717, 1.165) is 25.6 Å². The van der Waals surface area contributed by atoms with E-state index in [1.807, 2.05) is 48.5 Å². The number of hydrazone groups is 1. The Morgan fingerprint density at radius 2 is 1.70 bits per heavy atom. The third kappa shape index (κ3) is 7.42. The van der Waals surface area contributed by atoms with Crippen molar-refractivity contribution in [2.24, 2.45) is 5.10 Å². The highest BCUT2D eigenvalue weighted by atomic mass is 79.9. The molecule has 0 radical (unpaired) electrons. The summed E-state index contributed by atoms with van der Waals surface area (Å²) < 4.78 is 7.46. The van der Waals surface area contributed by atoms with Gasteiger partial charge >= 0.3 is 0 Å². The van der Waals surface area contributed by atoms with E-state index in [1.54, 1.807) is 6.21 Å². The Morgan fingerprint density at radius 1 is 1.06 bits per heavy atom. The van der Waals surface area contributed by atoms with E-state index in [2.05, 4.69) is 75.3 Å². The van der Waals surface area contributed by atoms with Gasteiger partial charge in [0.2, 0.25) is 5.91 Å². The van der Waals surface area contributed by atoms with Crippen LogP contribution in [0.2, 0.25) is 5.02 Å². The van der Waals surface area contributed by atoms with Gasteiger partial charge in [-0.25, -0.2) is 5.43 Å². The first kappa shape index (κ1) is 25.5. The van der Waals surface area contributed by atoms with Gasteiger partial charge in [0.1, 0.15) is 12.4 Å². The molecular weight excluding hydrogens is 568 g/mol. The number of hydrogen-bond acceptors (Lipinski definition) is 3. The number of benzene rings is 3. The number of nitrogens with one attached hydrogen (secondary N) is 1. The van der Waals surface area contributed by atoms with Gasteiger partial charge in [0.15, 0.2) is 0 Å². The van der Waals surface area contributed by atoms with Crippen molar-refractivity contribution < 1.29 is 9.53 Å². The van der Waals surface area contributed by atoms with Crippen molar-refractivity contribution in [1.82, 2.24) is 5.43 Å². The molecule has 3 rings (SSSR count). The fourth-order valence-electron chi connectivity index (χ4n) is 3.08. The number of nitrogens with zero attached hydrogens (tertiary/aromatic N) is 1. The quantitative estimate of drug-likeness (QED) is 0.229. The monoisotopic (exact) mass is 590 g/mol. The van der Waals surface area contributed by atoms with E-state index in [-0.39, 0.29) is 17.7 Å². The van der Waals surface area contributed by atoms with Crippen molar-refractivity contribution >= 4 is 55.6 Å². The lowest BCUT2D eigenvalue weighted by Gasteiger charge is -2.19. The van der Waals surface area contributed by atoms with Gasteiger partial charge in [0.05, 0.1) is 21.6 Å². The summed E-state index contributed by atoms with van der Waals surface area (Å²) in [4.78, 5) is 12.2. The highest BCUT2D eigenvalue weighted by Crippen LogP contribution is 2.35. The number of carbonyl (C=O) groups is 1. The summed E-state index contributed by atoms with van der Waals surface area (Å²) in [6.07, 6.45) is 1.86. The van der Waals surface area contributed by atoms with E-state index >= 15 is 0 Å². The second-order valence-electron chi connectivity index (χ2n) is 8.61. The van der Waals surface area contributed by atoms with Gasteiger partial charge in [0, 0.05) is 10.6 Å². The zero-order chi connectivity index (χ0) is 24.0. The van der Waals surface area contributed by atoms with Gasteiger partial charge in [-0.15, -0.1) is 0 Å². The second kappa shape index (κ2) is 11.3. The highest BCUT2D eigenvalue weighted by molar-refractivity contribution is 9.11. The molecule has 3 aromatic rings. The predicted molar refractivity (Wildman–Crippen MR) is 142 cm³/mol. The molecule has 0 heterocycles. The molecule has 0 bridgehead atoms. The minimum atomic E-state index is -0.174. The molecule has 0 saturated carbocycles. The zero-order valence-corrected chi connectivity index (χ0v) is 22.6. The Kier molecular flexibility index (Phi) is 8.74. The summed E-state index contributed by atoms with van der Waals surface area (Å²) in [5.41, 5.74) is 6.55. The van der Waals surface area contributed by atoms with Crippen molar-refractivity contribution in [1.29, 1.82) is 0 Å². The molecule has 0 atom stereocenters. The molecule has 0 aromatic heterocycles. The molecular formula is C26H25Br2ClN2O2. The molecule has 1 N–H and O–H groups in total. The Morgan fingerprint density at radius 3 is 2.30 bits per heavy atom. The Labute approximate surface area is 216 Å². The van der Waals surface area contributed by atoms with Crippen LogP contribution in [-0.2, 0) is 23.2 Å². The van der Waals surface area contributed by atoms with Gasteiger partial charge in [-0.05, 0) is 72.2 Å². The van der Waals surface area contributed by atoms with Crippen LogP contribution < -0.4 is 10.2 Å². The van der Waals surface area contributed by atoms with Crippen LogP contribution in [0.15, 0.2) is 74.7 Å². The van der Waals surface area contributed by atoms with E-state index in [0.29, 0.717) is 17.4 Å². The molecule has 0 aliphatic carbocycles. The third-order valence-electron chi connectivity index (χ3n) is 4.94. The largest absolute Gasteiger partial charge is 0.486 e. The summed E-state index contributed by atoms with van der Waals surface area (Å²) in [6.45, 7) is 6.84. The number of amides is 1. The summed E-state index contributed by atoms with van der Waals surface area (Å²) in [5, 5.41) is 4.75. The fourth-order valence-corrected chi connectivity index (χ4v) is 4.72. The van der Waals surface area contributed by atoms with Crippen molar-refractivity contribution in [2.45, 2.75) is 39.2 Å². The Balaban J connectivity index is 1.57. The SMILES string of the molecule is CC(C)(C)c1ccc(CC(=O)N/N=C\c2cc(Br)c(OCc3ccccc3Cl)c(Br)c2)cc1. The lowest BCUT2D eigenvalue weighted by Crippen LogP contribution is -2.20. The smallest absolute Gasteiger partial charge is 0.244 e. The lowest BCUT2D eigenvalue weighted by atomic mass is 9.86. The first-order valence-corrected chi connectivity index (χ1v) is 12.4. The van der Waals surface area contributed by atoms with Crippen LogP contribution in [-0.4, -0.2) is 12.1 Å². The molecule has 0 spiro atoms. The second-order valence-corrected chi connectivity index (χ2v) is 10.7. The van der Waals surface area contributed by atoms with Crippen LogP contribution in [0, 0.1) is 0 Å². The summed E-state index contributed by atoms with van der Waals surface area (Å²) in [5.74, 6) is 0.488. The molecule has 3 aromatic carbocycles. The van der Waals surface area contributed by atoms with E-state index in [4.69, 9.17) is 16.3 Å². The molecule has 172 valence electrons. The van der Waals surface area contributed by atoms with Gasteiger partial charge in [-0.2, -0.15) is 5.10 Å². The van der Waals surface area contributed by atoms with Gasteiger partial charge in [0.25, 0.3) is 0 Å². The Bertz CT molecular complexity index is 1130. The average molecular weight is 593 g/mol. The normalized spacial score (nSPS) is 11.6. The van der Waals surface area contributed by atoms with Crippen LogP contribution >= 0.6 is 43.5 Å². The predicted octanol–water partition coefficient (Wildman–Crippen LogP) is 7.43. The number of carbonyl (C=O) groups excluding carboxylic acids is 1. The molecule has 0 aliphatic rings. The van der Waals surface area contributed by atoms with Gasteiger partial charge in [-0.3, -0.25) is 4.79 Å². The van der Waals surface area contributed by atoms with Crippen LogP contribution in [0.25, 0.3) is 0 Å². The van der Waals surface area contributed by atoms with Gasteiger partial charge < -0.3 is 4.74 Å². The maximum atomic E-state index is 12.2. The Hall–Kier alpha value is -2.15. The minimum Gasteiger partial charge on any atom is -0.486 e. The van der Waals surface area contributed by atoms with Crippen molar-refractivity contribution in [2.75, 3.05) is 0 Å². The molecule has 0 aliphatic heterocycles. The number of halogens is 3. The van der Waals surface area contributed by atoms with E-state index in [1.165, 1.54) is 5.56 Å². The first-order chi connectivity index (χ1) is 15.6. The molecule has 4 nitrogen and oxygen atoms in total. The van der Waals surface area contributed by atoms with Crippen LogP contribution in [0.3, 0.4) is 0 Å². The first-order valence-electron chi connectivity index (χ1n) is 10.4. The molecule has 0 fully saturated rings. The summed E-state index contributed by atoms with van der Waals surface area (Å²) in [7, 11) is 0. The van der Waals surface area contributed by atoms with Crippen LogP contribution in [0.4, 0.5) is 0 Å². The number of ether oxygens (including phenoxy) is 1. The number of hydrogen-bond donors (Lipinski definition) is 1. The maximum Gasteiger partial charge on any atom is 0.244 e. The third-order valence-corrected chi connectivity index (χ3v) is 6.48. The topological polar surface area (TPSA) is 50.7 Å². The van der Waals surface area contributed by atoms with E-state index < -0.39 is 0 Å². The summed E-state index contributed by atoms with van der Waals surface area (Å²) >= 11 is 13.3. The number of rotatable bonds is 7. The molecule has 0 unspecified atom stereocenters. The molecule has 0 saturated heterocycles. The molecule has 33 heavy (non-hydrogen) atoms. The summed E-state index contributed by atoms with van der Waals surface area (Å²) in [6, 6.07) is 19.4. The molecule has 1 amide bonds. The van der Waals surface area contributed by atoms with E-state index in [9.17, 15) is 4.79 Å². The van der Waals surface area contributed by atoms with Crippen LogP contribution in [0.1, 0.15) is 43.0 Å². The molecule has 7 heteroatoms. The maximum absolute atomic E-state index is 12.2. The van der Waals surface area contributed by atoms with Crippen molar-refractivity contribution in [3.63, 3.8) is 0 Å². The lowest BCUT2D eigenvalue weighted by molar-refractivity contribution is -0.120. The average Bonchev–Trinajstić information content (AvgIpc) is 2.74. The highest BCUT2D eigenvalue weighted by Gasteiger charge is 2.13. The van der Waals surface area contributed by atoms with Crippen molar-refractivity contribution in [3.05, 3.63) is 96.9 Å². The zero-order valence-electron chi connectivity index (χ0n) is 18.7. The standard InChI is InChI=1S/C26H25Br2ClN2O2/c1-26(2,3)20-10-8-17(9-11-20)14-24(32)31-30-15-18-12-21(27)25(22(28)13-18)33-16-19-6-4-5-7-23(19)29/h4-13,15H,14,16H2,1-3H3,(H,31,32)/b30-15-. The fraction of sp³-hybridized carbons (Fsp3) is 0.231. The van der Waals surface area contributed by atoms with Crippen molar-refractivity contribution in [3.8, 4) is 5.75 Å². The van der Waals surface area contributed by atoms with Crippen LogP contribution in [0.5, 0.6) is 5.75 Å².